The molecule has 1 amide bonds. The number of hydrogen-bond acceptors (Lipinski definition) is 2. The van der Waals surface area contributed by atoms with Gasteiger partial charge >= 0.3 is 0 Å². The average Bonchev–Trinajstić information content (AvgIpc) is 2.88. The van der Waals surface area contributed by atoms with Gasteiger partial charge in [0, 0.05) is 25.2 Å². The van der Waals surface area contributed by atoms with E-state index < -0.39 is 0 Å². The fourth-order valence-corrected chi connectivity index (χ4v) is 4.57. The number of rotatable bonds is 2. The van der Waals surface area contributed by atoms with Gasteiger partial charge in [-0.3, -0.25) is 4.79 Å². The summed E-state index contributed by atoms with van der Waals surface area (Å²) in [5.41, 5.74) is 5.14. The highest BCUT2D eigenvalue weighted by atomic mass is 16.2. The van der Waals surface area contributed by atoms with Crippen LogP contribution in [0.25, 0.3) is 0 Å². The molecule has 2 fully saturated rings. The fourth-order valence-electron chi connectivity index (χ4n) is 4.57. The van der Waals surface area contributed by atoms with Gasteiger partial charge < -0.3 is 10.2 Å². The van der Waals surface area contributed by atoms with Crippen molar-refractivity contribution in [1.29, 1.82) is 0 Å². The minimum absolute atomic E-state index is 0.269. The van der Waals surface area contributed by atoms with Crippen molar-refractivity contribution in [2.45, 2.75) is 57.4 Å². The van der Waals surface area contributed by atoms with Crippen molar-refractivity contribution in [2.75, 3.05) is 19.6 Å². The first kappa shape index (κ1) is 14.3. The van der Waals surface area contributed by atoms with Gasteiger partial charge in [0.05, 0.1) is 6.04 Å². The van der Waals surface area contributed by atoms with Crippen LogP contribution in [0.2, 0.25) is 0 Å². The topological polar surface area (TPSA) is 32.3 Å². The zero-order chi connectivity index (χ0) is 15.1. The molecule has 0 aromatic heterocycles. The second kappa shape index (κ2) is 5.69. The molecule has 118 valence electrons. The predicted molar refractivity (Wildman–Crippen MR) is 88.3 cm³/mol. The minimum Gasteiger partial charge on any atom is -0.329 e. The van der Waals surface area contributed by atoms with Gasteiger partial charge in [0.2, 0.25) is 0 Å². The predicted octanol–water partition coefficient (Wildman–Crippen LogP) is 3.40. The normalized spacial score (nSPS) is 25.2. The number of piperazine rings is 1. The van der Waals surface area contributed by atoms with Crippen molar-refractivity contribution in [3.8, 4) is 0 Å². The number of aryl methyl sites for hydroxylation is 1. The Kier molecular flexibility index (Phi) is 3.69. The summed E-state index contributed by atoms with van der Waals surface area (Å²) in [6.45, 7) is 4.91. The van der Waals surface area contributed by atoms with Gasteiger partial charge in [0.1, 0.15) is 0 Å². The van der Waals surface area contributed by atoms with Crippen LogP contribution in [-0.4, -0.2) is 30.4 Å². The Bertz CT molecular complexity index is 589. The molecule has 1 atom stereocenters. The van der Waals surface area contributed by atoms with Crippen LogP contribution >= 0.6 is 0 Å². The molecule has 1 aliphatic carbocycles. The lowest BCUT2D eigenvalue weighted by molar-refractivity contribution is 0.0689. The Morgan fingerprint density at radius 1 is 1.18 bits per heavy atom. The molecule has 0 radical (unpaired) electrons. The summed E-state index contributed by atoms with van der Waals surface area (Å²) in [6, 6.07) is 4.92. The van der Waals surface area contributed by atoms with Crippen molar-refractivity contribution in [1.82, 2.24) is 10.2 Å². The van der Waals surface area contributed by atoms with Crippen LogP contribution in [0.5, 0.6) is 0 Å². The van der Waals surface area contributed by atoms with Crippen molar-refractivity contribution < 1.29 is 4.79 Å². The minimum atomic E-state index is 0.269. The summed E-state index contributed by atoms with van der Waals surface area (Å²) >= 11 is 0. The Balaban J connectivity index is 1.82. The number of hydrogen-bond donors (Lipinski definition) is 1. The largest absolute Gasteiger partial charge is 0.329 e. The monoisotopic (exact) mass is 298 g/mol. The van der Waals surface area contributed by atoms with Gasteiger partial charge in [-0.1, -0.05) is 38.3 Å². The van der Waals surface area contributed by atoms with Crippen molar-refractivity contribution >= 4 is 5.91 Å². The number of nitrogens with one attached hydrogen (secondary N) is 1. The van der Waals surface area contributed by atoms with Crippen molar-refractivity contribution in [2.24, 2.45) is 0 Å². The van der Waals surface area contributed by atoms with E-state index in [1.165, 1.54) is 48.8 Å². The van der Waals surface area contributed by atoms with Crippen LogP contribution in [0.1, 0.15) is 78.0 Å². The zero-order valence-electron chi connectivity index (χ0n) is 13.5. The second-order valence-electron chi connectivity index (χ2n) is 7.06. The Labute approximate surface area is 133 Å². The van der Waals surface area contributed by atoms with Crippen LogP contribution in [0, 0.1) is 0 Å². The Morgan fingerprint density at radius 2 is 1.95 bits per heavy atom. The Morgan fingerprint density at radius 3 is 2.73 bits per heavy atom. The third kappa shape index (κ3) is 2.18. The number of amides is 1. The Hall–Kier alpha value is -1.35. The molecule has 2 aliphatic heterocycles. The standard InChI is InChI=1S/C19H26N2O/c1-2-13-10-15(14-6-4-3-5-7-14)18-16(11-13)17-12-20-8-9-21(17)19(18)22/h10-11,14,17,20H,2-9,12H2,1H3/t17-/m0/s1. The summed E-state index contributed by atoms with van der Waals surface area (Å²) in [5.74, 6) is 0.900. The van der Waals surface area contributed by atoms with E-state index in [9.17, 15) is 4.79 Å². The van der Waals surface area contributed by atoms with Gasteiger partial charge in [-0.2, -0.15) is 0 Å². The maximum absolute atomic E-state index is 13.0. The lowest BCUT2D eigenvalue weighted by Gasteiger charge is -2.30. The highest BCUT2D eigenvalue weighted by Crippen LogP contribution is 2.42. The SMILES string of the molecule is CCc1cc(C2CCCCC2)c2c(c1)[C@@H]1CNCCN1C2=O. The smallest absolute Gasteiger partial charge is 0.255 e. The summed E-state index contributed by atoms with van der Waals surface area (Å²) < 4.78 is 0. The van der Waals surface area contributed by atoms with E-state index in [-0.39, 0.29) is 6.04 Å². The van der Waals surface area contributed by atoms with E-state index in [1.807, 2.05) is 0 Å². The molecule has 1 aromatic carbocycles. The van der Waals surface area contributed by atoms with Gasteiger partial charge in [0.15, 0.2) is 0 Å². The van der Waals surface area contributed by atoms with Crippen LogP contribution in [0.15, 0.2) is 12.1 Å². The van der Waals surface area contributed by atoms with E-state index in [1.54, 1.807) is 0 Å². The molecule has 4 rings (SSSR count). The van der Waals surface area contributed by atoms with Gasteiger partial charge in [0.25, 0.3) is 5.91 Å². The third-order valence-electron chi connectivity index (χ3n) is 5.79. The second-order valence-corrected chi connectivity index (χ2v) is 7.06. The molecular weight excluding hydrogens is 272 g/mol. The molecule has 3 aliphatic rings. The molecule has 1 N–H and O–H groups in total. The zero-order valence-corrected chi connectivity index (χ0v) is 13.5. The van der Waals surface area contributed by atoms with E-state index in [2.05, 4.69) is 29.3 Å². The fraction of sp³-hybridized carbons (Fsp3) is 0.632. The molecule has 0 unspecified atom stereocenters. The number of nitrogens with zero attached hydrogens (tertiary/aromatic N) is 1. The van der Waals surface area contributed by atoms with Crippen LogP contribution in [0.4, 0.5) is 0 Å². The molecule has 1 saturated carbocycles. The molecule has 1 aromatic rings. The first-order valence-corrected chi connectivity index (χ1v) is 8.98. The highest BCUT2D eigenvalue weighted by molar-refractivity contribution is 6.01. The number of carbonyl (C=O) groups excluding carboxylic acids is 1. The summed E-state index contributed by atoms with van der Waals surface area (Å²) in [5, 5.41) is 3.46. The third-order valence-corrected chi connectivity index (χ3v) is 5.79. The van der Waals surface area contributed by atoms with Crippen molar-refractivity contribution in [3.63, 3.8) is 0 Å². The summed E-state index contributed by atoms with van der Waals surface area (Å²) in [7, 11) is 0. The first-order valence-electron chi connectivity index (χ1n) is 8.98. The highest BCUT2D eigenvalue weighted by Gasteiger charge is 2.40. The van der Waals surface area contributed by atoms with E-state index in [0.717, 1.165) is 31.6 Å². The van der Waals surface area contributed by atoms with E-state index >= 15 is 0 Å². The maximum Gasteiger partial charge on any atom is 0.255 e. The number of fused-ring (bicyclic) bond motifs is 3. The molecule has 0 bridgehead atoms. The number of benzene rings is 1. The molecule has 2 heterocycles. The number of carbonyl (C=O) groups is 1. The quantitative estimate of drug-likeness (QED) is 0.907. The first-order chi connectivity index (χ1) is 10.8. The summed E-state index contributed by atoms with van der Waals surface area (Å²) in [6.07, 6.45) is 7.57. The molecule has 0 spiro atoms. The molecule has 1 saturated heterocycles. The molecule has 3 nitrogen and oxygen atoms in total. The molecular formula is C19H26N2O. The average molecular weight is 298 g/mol. The van der Waals surface area contributed by atoms with E-state index in [0.29, 0.717) is 11.8 Å². The summed E-state index contributed by atoms with van der Waals surface area (Å²) in [4.78, 5) is 15.1. The maximum atomic E-state index is 13.0. The van der Waals surface area contributed by atoms with Crippen LogP contribution in [-0.2, 0) is 6.42 Å². The lowest BCUT2D eigenvalue weighted by Crippen LogP contribution is -2.44. The van der Waals surface area contributed by atoms with Gasteiger partial charge in [-0.25, -0.2) is 0 Å². The lowest BCUT2D eigenvalue weighted by atomic mass is 9.80. The van der Waals surface area contributed by atoms with Crippen molar-refractivity contribution in [3.05, 3.63) is 34.4 Å². The van der Waals surface area contributed by atoms with Gasteiger partial charge in [-0.05, 0) is 41.9 Å². The van der Waals surface area contributed by atoms with Crippen LogP contribution < -0.4 is 5.32 Å². The molecule has 3 heteroatoms. The molecule has 22 heavy (non-hydrogen) atoms. The van der Waals surface area contributed by atoms with E-state index in [4.69, 9.17) is 0 Å². The van der Waals surface area contributed by atoms with Crippen LogP contribution in [0.3, 0.4) is 0 Å². The van der Waals surface area contributed by atoms with Gasteiger partial charge in [-0.15, -0.1) is 0 Å².